The van der Waals surface area contributed by atoms with Crippen LogP contribution in [0.3, 0.4) is 0 Å². The van der Waals surface area contributed by atoms with Crippen LogP contribution in [0.5, 0.6) is 0 Å². The molecular formula is C15H11N5. The molecule has 0 saturated carbocycles. The molecule has 0 aliphatic heterocycles. The number of anilines is 2. The lowest BCUT2D eigenvalue weighted by Gasteiger charge is -2.07. The van der Waals surface area contributed by atoms with E-state index < -0.39 is 0 Å². The van der Waals surface area contributed by atoms with Crippen molar-refractivity contribution in [3.8, 4) is 0 Å². The zero-order valence-corrected chi connectivity index (χ0v) is 10.5. The van der Waals surface area contributed by atoms with Crippen LogP contribution < -0.4 is 5.32 Å². The largest absolute Gasteiger partial charge is 0.345 e. The van der Waals surface area contributed by atoms with E-state index in [9.17, 15) is 0 Å². The van der Waals surface area contributed by atoms with Crippen molar-refractivity contribution in [1.82, 2.24) is 20.2 Å². The summed E-state index contributed by atoms with van der Waals surface area (Å²) in [6, 6.07) is 14.0. The van der Waals surface area contributed by atoms with Crippen LogP contribution in [0.4, 0.5) is 11.5 Å². The van der Waals surface area contributed by atoms with Crippen molar-refractivity contribution in [2.45, 2.75) is 0 Å². The highest BCUT2D eigenvalue weighted by molar-refractivity contribution is 5.93. The first-order valence-corrected chi connectivity index (χ1v) is 6.31. The lowest BCUT2D eigenvalue weighted by molar-refractivity contribution is 1.05. The lowest BCUT2D eigenvalue weighted by Crippen LogP contribution is -1.96. The highest BCUT2D eigenvalue weighted by Crippen LogP contribution is 2.24. The first-order valence-electron chi connectivity index (χ1n) is 6.31. The Kier molecular flexibility index (Phi) is 2.35. The van der Waals surface area contributed by atoms with Crippen molar-refractivity contribution < 1.29 is 0 Å². The number of H-pyrrole nitrogens is 1. The monoisotopic (exact) mass is 261 g/mol. The van der Waals surface area contributed by atoms with Crippen LogP contribution in [0.25, 0.3) is 21.8 Å². The van der Waals surface area contributed by atoms with Gasteiger partial charge in [0.2, 0.25) is 0 Å². The maximum absolute atomic E-state index is 4.21. The minimum Gasteiger partial charge on any atom is -0.345 e. The number of hydrogen-bond acceptors (Lipinski definition) is 4. The summed E-state index contributed by atoms with van der Waals surface area (Å²) >= 11 is 0. The predicted molar refractivity (Wildman–Crippen MR) is 78.9 cm³/mol. The molecule has 0 radical (unpaired) electrons. The van der Waals surface area contributed by atoms with Crippen molar-refractivity contribution in [2.75, 3.05) is 5.32 Å². The topological polar surface area (TPSA) is 66.5 Å². The molecule has 20 heavy (non-hydrogen) atoms. The third-order valence-corrected chi connectivity index (χ3v) is 3.25. The van der Waals surface area contributed by atoms with Crippen LogP contribution >= 0.6 is 0 Å². The number of hydrogen-bond donors (Lipinski definition) is 2. The molecule has 0 amide bonds. The van der Waals surface area contributed by atoms with Gasteiger partial charge < -0.3 is 10.3 Å². The number of benzene rings is 2. The summed E-state index contributed by atoms with van der Waals surface area (Å²) in [5, 5.41) is 13.6. The summed E-state index contributed by atoms with van der Waals surface area (Å²) in [5.74, 6) is 0.752. The third kappa shape index (κ3) is 1.76. The highest BCUT2D eigenvalue weighted by Gasteiger charge is 2.04. The molecule has 0 aliphatic rings. The van der Waals surface area contributed by atoms with Gasteiger partial charge in [0.25, 0.3) is 0 Å². The van der Waals surface area contributed by atoms with Crippen LogP contribution in [-0.2, 0) is 0 Å². The third-order valence-electron chi connectivity index (χ3n) is 3.25. The van der Waals surface area contributed by atoms with Gasteiger partial charge in [-0.25, -0.2) is 4.98 Å². The van der Waals surface area contributed by atoms with Crippen LogP contribution in [0.15, 0.2) is 55.0 Å². The summed E-state index contributed by atoms with van der Waals surface area (Å²) in [6.45, 7) is 0. The molecule has 2 aromatic carbocycles. The minimum atomic E-state index is 0.752. The van der Waals surface area contributed by atoms with Gasteiger partial charge in [-0.3, -0.25) is 0 Å². The Hall–Kier alpha value is -2.95. The Morgan fingerprint density at radius 2 is 2.00 bits per heavy atom. The molecule has 0 aliphatic carbocycles. The number of rotatable bonds is 2. The van der Waals surface area contributed by atoms with Gasteiger partial charge in [0.1, 0.15) is 0 Å². The summed E-state index contributed by atoms with van der Waals surface area (Å²) in [6.07, 6.45) is 3.45. The van der Waals surface area contributed by atoms with Crippen LogP contribution in [0.2, 0.25) is 0 Å². The van der Waals surface area contributed by atoms with Crippen LogP contribution in [-0.4, -0.2) is 20.2 Å². The fourth-order valence-corrected chi connectivity index (χ4v) is 2.27. The fraction of sp³-hybridized carbons (Fsp3) is 0. The molecule has 4 aromatic rings. The van der Waals surface area contributed by atoms with E-state index in [0.717, 1.165) is 33.3 Å². The first-order chi connectivity index (χ1) is 9.90. The number of aromatic amines is 1. The Labute approximate surface area is 114 Å². The SMILES string of the molecule is c1ccc2c(Nc3ccc4nc[nH]c4c3)nncc2c1. The van der Waals surface area contributed by atoms with E-state index >= 15 is 0 Å². The van der Waals surface area contributed by atoms with Crippen LogP contribution in [0.1, 0.15) is 0 Å². The Morgan fingerprint density at radius 1 is 1.05 bits per heavy atom. The van der Waals surface area contributed by atoms with Gasteiger partial charge in [-0.2, -0.15) is 5.10 Å². The molecule has 0 saturated heterocycles. The molecule has 96 valence electrons. The zero-order valence-electron chi connectivity index (χ0n) is 10.5. The van der Waals surface area contributed by atoms with E-state index in [2.05, 4.69) is 25.5 Å². The Balaban J connectivity index is 1.80. The molecule has 2 aromatic heterocycles. The second-order valence-corrected chi connectivity index (χ2v) is 4.54. The normalized spacial score (nSPS) is 11.0. The van der Waals surface area contributed by atoms with Gasteiger partial charge in [0.05, 0.1) is 23.6 Å². The number of nitrogens with one attached hydrogen (secondary N) is 2. The second kappa shape index (κ2) is 4.31. The van der Waals surface area contributed by atoms with Gasteiger partial charge in [0.15, 0.2) is 5.82 Å². The van der Waals surface area contributed by atoms with Gasteiger partial charge >= 0.3 is 0 Å². The van der Waals surface area contributed by atoms with Crippen molar-refractivity contribution in [3.05, 3.63) is 55.0 Å². The molecule has 5 nitrogen and oxygen atoms in total. The summed E-state index contributed by atoms with van der Waals surface area (Å²) in [7, 11) is 0. The zero-order chi connectivity index (χ0) is 13.4. The molecule has 0 atom stereocenters. The fourth-order valence-electron chi connectivity index (χ4n) is 2.27. The molecule has 2 N–H and O–H groups in total. The number of nitrogens with zero attached hydrogens (tertiary/aromatic N) is 3. The predicted octanol–water partition coefficient (Wildman–Crippen LogP) is 3.25. The second-order valence-electron chi connectivity index (χ2n) is 4.54. The average Bonchev–Trinajstić information content (AvgIpc) is 2.95. The molecule has 0 spiro atoms. The lowest BCUT2D eigenvalue weighted by atomic mass is 10.2. The maximum Gasteiger partial charge on any atom is 0.160 e. The minimum absolute atomic E-state index is 0.752. The molecule has 4 rings (SSSR count). The molecule has 0 bridgehead atoms. The van der Waals surface area contributed by atoms with E-state index in [-0.39, 0.29) is 0 Å². The van der Waals surface area contributed by atoms with Crippen LogP contribution in [0, 0.1) is 0 Å². The van der Waals surface area contributed by atoms with Gasteiger partial charge in [-0.05, 0) is 18.2 Å². The van der Waals surface area contributed by atoms with Crippen molar-refractivity contribution in [1.29, 1.82) is 0 Å². The van der Waals surface area contributed by atoms with Gasteiger partial charge in [0, 0.05) is 16.5 Å². The van der Waals surface area contributed by atoms with E-state index in [0.29, 0.717) is 0 Å². The smallest absolute Gasteiger partial charge is 0.160 e. The number of aromatic nitrogens is 4. The van der Waals surface area contributed by atoms with Gasteiger partial charge in [-0.1, -0.05) is 24.3 Å². The summed E-state index contributed by atoms with van der Waals surface area (Å²) in [5.41, 5.74) is 2.88. The highest BCUT2D eigenvalue weighted by atomic mass is 15.2. The molecule has 0 unspecified atom stereocenters. The summed E-state index contributed by atoms with van der Waals surface area (Å²) < 4.78 is 0. The Morgan fingerprint density at radius 3 is 3.00 bits per heavy atom. The van der Waals surface area contributed by atoms with E-state index in [1.807, 2.05) is 42.5 Å². The standard InChI is InChI=1S/C15H11N5/c1-2-4-12-10(3-1)8-18-20-15(12)19-11-5-6-13-14(7-11)17-9-16-13/h1-9H,(H,16,17)(H,19,20). The van der Waals surface area contributed by atoms with E-state index in [1.165, 1.54) is 0 Å². The van der Waals surface area contributed by atoms with E-state index in [1.54, 1.807) is 12.5 Å². The van der Waals surface area contributed by atoms with Crippen molar-refractivity contribution in [3.63, 3.8) is 0 Å². The molecular weight excluding hydrogens is 250 g/mol. The number of fused-ring (bicyclic) bond motifs is 2. The van der Waals surface area contributed by atoms with Crippen molar-refractivity contribution >= 4 is 33.3 Å². The summed E-state index contributed by atoms with van der Waals surface area (Å²) in [4.78, 5) is 7.30. The average molecular weight is 261 g/mol. The molecule has 2 heterocycles. The van der Waals surface area contributed by atoms with E-state index in [4.69, 9.17) is 0 Å². The Bertz CT molecular complexity index is 891. The molecule has 0 fully saturated rings. The molecule has 5 heteroatoms. The quantitative estimate of drug-likeness (QED) is 0.581. The first kappa shape index (κ1) is 10.9. The number of imidazole rings is 1. The van der Waals surface area contributed by atoms with Crippen molar-refractivity contribution in [2.24, 2.45) is 0 Å². The van der Waals surface area contributed by atoms with Gasteiger partial charge in [-0.15, -0.1) is 5.10 Å². The maximum atomic E-state index is 4.21.